The number of hydrogen-bond donors (Lipinski definition) is 0. The lowest BCUT2D eigenvalue weighted by Crippen LogP contribution is -2.27. The second-order valence-corrected chi connectivity index (χ2v) is 14.1. The first-order valence-corrected chi connectivity index (χ1v) is 18.8. The molecule has 8 nitrogen and oxygen atoms in total. The molecule has 8 heteroatoms. The molecule has 4 heterocycles. The fraction of sp³-hybridized carbons (Fsp3) is 0.261. The van der Waals surface area contributed by atoms with Crippen LogP contribution in [0.25, 0.3) is 0 Å². The van der Waals surface area contributed by atoms with Crippen molar-refractivity contribution >= 4 is 23.6 Å². The zero-order chi connectivity index (χ0) is 36.1. The molecule has 5 aromatic carbocycles. The molecule has 5 aromatic rings. The molecular weight excluding hydrogens is 673 g/mol. The summed E-state index contributed by atoms with van der Waals surface area (Å²) in [6, 6.07) is 49.8. The van der Waals surface area contributed by atoms with Crippen molar-refractivity contribution in [2.24, 2.45) is 31.8 Å². The van der Waals surface area contributed by atoms with Crippen molar-refractivity contribution in [3.63, 3.8) is 0 Å². The first-order valence-electron chi connectivity index (χ1n) is 18.8. The highest BCUT2D eigenvalue weighted by atomic mass is 16.5. The molecule has 0 N–H and O–H groups in total. The van der Waals surface area contributed by atoms with Gasteiger partial charge in [-0.2, -0.15) is 0 Å². The van der Waals surface area contributed by atoms with Crippen LogP contribution in [0, 0.1) is 11.8 Å². The summed E-state index contributed by atoms with van der Waals surface area (Å²) in [6.45, 7) is 2.00. The first kappa shape index (κ1) is 33.8. The summed E-state index contributed by atoms with van der Waals surface area (Å²) in [7, 11) is 0. The van der Waals surface area contributed by atoms with E-state index in [0.717, 1.165) is 33.4 Å². The Kier molecular flexibility index (Phi) is 9.72. The zero-order valence-corrected chi connectivity index (χ0v) is 30.0. The summed E-state index contributed by atoms with van der Waals surface area (Å²) < 4.78 is 25.3. The molecular formula is C46H42N4O4. The maximum Gasteiger partial charge on any atom is 0.197 e. The van der Waals surface area contributed by atoms with Crippen molar-refractivity contribution in [1.82, 2.24) is 0 Å². The molecule has 0 unspecified atom stereocenters. The van der Waals surface area contributed by atoms with Crippen molar-refractivity contribution in [3.05, 3.63) is 179 Å². The van der Waals surface area contributed by atoms with Crippen molar-refractivity contribution in [3.8, 4) is 0 Å². The van der Waals surface area contributed by atoms with Gasteiger partial charge in [-0.1, -0.05) is 146 Å². The largest absolute Gasteiger partial charge is 0.478 e. The summed E-state index contributed by atoms with van der Waals surface area (Å²) in [6.07, 6.45) is 1.29. The molecule has 0 saturated heterocycles. The van der Waals surface area contributed by atoms with E-state index < -0.39 is 0 Å². The Morgan fingerprint density at radius 1 is 0.352 bits per heavy atom. The fourth-order valence-electron chi connectivity index (χ4n) is 7.56. The predicted molar refractivity (Wildman–Crippen MR) is 211 cm³/mol. The second kappa shape index (κ2) is 15.5. The van der Waals surface area contributed by atoms with E-state index in [1.165, 1.54) is 0 Å². The van der Waals surface area contributed by atoms with Crippen LogP contribution in [0.15, 0.2) is 166 Å². The van der Waals surface area contributed by atoms with E-state index in [1.807, 2.05) is 72.8 Å². The third kappa shape index (κ3) is 7.42. The quantitative estimate of drug-likeness (QED) is 0.129. The monoisotopic (exact) mass is 714 g/mol. The van der Waals surface area contributed by atoms with E-state index in [1.54, 1.807) is 0 Å². The van der Waals surface area contributed by atoms with Crippen LogP contribution >= 0.6 is 0 Å². The SMILES string of the molecule is c1ccc([C@H]2COC(C(Cc3ccc(CC(C4=N[C@@H](c5ccccc5)CO4)C4=N[C@@H](c5ccccc5)CO4)cc3)C3=N[C@@H](c4ccccc4)CO3)=N2)cc1. The van der Waals surface area contributed by atoms with Gasteiger partial charge in [-0.25, -0.2) is 20.0 Å². The number of nitrogens with zero attached hydrogens (tertiary/aromatic N) is 4. The predicted octanol–water partition coefficient (Wildman–Crippen LogP) is 8.68. The molecule has 9 rings (SSSR count). The third-order valence-electron chi connectivity index (χ3n) is 10.5. The van der Waals surface area contributed by atoms with E-state index >= 15 is 0 Å². The van der Waals surface area contributed by atoms with Crippen LogP contribution < -0.4 is 0 Å². The van der Waals surface area contributed by atoms with Crippen LogP contribution in [-0.2, 0) is 31.8 Å². The maximum atomic E-state index is 6.31. The summed E-state index contributed by atoms with van der Waals surface area (Å²) in [4.78, 5) is 20.3. The Bertz CT molecular complexity index is 1870. The van der Waals surface area contributed by atoms with Gasteiger partial charge >= 0.3 is 0 Å². The average Bonchev–Trinajstić information content (AvgIpc) is 4.09. The number of ether oxygens (including phenoxy) is 4. The van der Waals surface area contributed by atoms with Crippen LogP contribution in [-0.4, -0.2) is 50.0 Å². The highest BCUT2D eigenvalue weighted by molar-refractivity contribution is 6.02. The first-order chi connectivity index (χ1) is 26.7. The van der Waals surface area contributed by atoms with Crippen LogP contribution in [0.2, 0.25) is 0 Å². The number of rotatable bonds is 12. The number of hydrogen-bond acceptors (Lipinski definition) is 8. The molecule has 0 bridgehead atoms. The van der Waals surface area contributed by atoms with Crippen LogP contribution in [0.3, 0.4) is 0 Å². The van der Waals surface area contributed by atoms with Crippen LogP contribution in [0.1, 0.15) is 57.5 Å². The van der Waals surface area contributed by atoms with Gasteiger partial charge in [0, 0.05) is 0 Å². The Hall–Kier alpha value is -6.02. The highest BCUT2D eigenvalue weighted by Gasteiger charge is 2.37. The third-order valence-corrected chi connectivity index (χ3v) is 10.5. The molecule has 0 spiro atoms. The molecule has 270 valence electrons. The topological polar surface area (TPSA) is 86.4 Å². The summed E-state index contributed by atoms with van der Waals surface area (Å²) >= 11 is 0. The van der Waals surface area contributed by atoms with Gasteiger partial charge in [0.2, 0.25) is 0 Å². The molecule has 4 aliphatic heterocycles. The lowest BCUT2D eigenvalue weighted by atomic mass is 9.94. The number of benzene rings is 5. The average molecular weight is 715 g/mol. The summed E-state index contributed by atoms with van der Waals surface area (Å²) in [5.41, 5.74) is 6.83. The van der Waals surface area contributed by atoms with Gasteiger partial charge in [0.25, 0.3) is 0 Å². The Balaban J connectivity index is 0.974. The number of aliphatic imine (C=N–C) groups is 4. The molecule has 0 radical (unpaired) electrons. The van der Waals surface area contributed by atoms with Gasteiger partial charge in [-0.05, 0) is 46.2 Å². The van der Waals surface area contributed by atoms with Crippen molar-refractivity contribution in [2.45, 2.75) is 37.0 Å². The minimum absolute atomic E-state index is 0.0562. The zero-order valence-electron chi connectivity index (χ0n) is 30.0. The normalized spacial score (nSPS) is 21.8. The Morgan fingerprint density at radius 2 is 0.593 bits per heavy atom. The van der Waals surface area contributed by atoms with Gasteiger partial charge in [-0.3, -0.25) is 0 Å². The molecule has 0 fully saturated rings. The summed E-state index contributed by atoms with van der Waals surface area (Å²) in [5.74, 6) is 2.23. The molecule has 0 saturated carbocycles. The van der Waals surface area contributed by atoms with Crippen molar-refractivity contribution in [1.29, 1.82) is 0 Å². The minimum Gasteiger partial charge on any atom is -0.478 e. The standard InChI is InChI=1S/C46H42N4O4/c1-5-13-33(14-6-1)39-27-51-43(47-39)37(44-48-40(28-52-44)34-15-7-2-8-16-34)25-31-21-23-32(24-22-31)26-38(45-49-41(29-53-45)35-17-9-3-10-18-35)46-50-42(30-54-46)36-19-11-4-12-20-36/h1-24,37-42H,25-30H2/t39-,40-,41-,42-/m1/s1. The molecule has 0 aliphatic carbocycles. The molecule has 54 heavy (non-hydrogen) atoms. The van der Waals surface area contributed by atoms with Gasteiger partial charge < -0.3 is 18.9 Å². The molecule has 4 atom stereocenters. The summed E-state index contributed by atoms with van der Waals surface area (Å²) in [5, 5.41) is 0. The maximum absolute atomic E-state index is 6.31. The van der Waals surface area contributed by atoms with E-state index in [2.05, 4.69) is 72.8 Å². The van der Waals surface area contributed by atoms with Gasteiger partial charge in [0.05, 0.1) is 0 Å². The minimum atomic E-state index is -0.238. The van der Waals surface area contributed by atoms with E-state index in [9.17, 15) is 0 Å². The highest BCUT2D eigenvalue weighted by Crippen LogP contribution is 2.33. The molecule has 0 aromatic heterocycles. The van der Waals surface area contributed by atoms with E-state index in [-0.39, 0.29) is 36.0 Å². The van der Waals surface area contributed by atoms with E-state index in [0.29, 0.717) is 62.9 Å². The molecule has 4 aliphatic rings. The van der Waals surface area contributed by atoms with Gasteiger partial charge in [0.15, 0.2) is 23.6 Å². The van der Waals surface area contributed by atoms with Crippen molar-refractivity contribution in [2.75, 3.05) is 26.4 Å². The van der Waals surface area contributed by atoms with Crippen LogP contribution in [0.5, 0.6) is 0 Å². The van der Waals surface area contributed by atoms with Gasteiger partial charge in [-0.15, -0.1) is 0 Å². The Morgan fingerprint density at radius 3 is 0.833 bits per heavy atom. The Labute approximate surface area is 316 Å². The lowest BCUT2D eigenvalue weighted by Gasteiger charge is -2.18. The lowest BCUT2D eigenvalue weighted by molar-refractivity contribution is 0.283. The van der Waals surface area contributed by atoms with Gasteiger partial charge in [0.1, 0.15) is 62.4 Å². The van der Waals surface area contributed by atoms with Crippen molar-refractivity contribution < 1.29 is 18.9 Å². The fourth-order valence-corrected chi connectivity index (χ4v) is 7.56. The van der Waals surface area contributed by atoms with Crippen LogP contribution in [0.4, 0.5) is 0 Å². The van der Waals surface area contributed by atoms with E-state index in [4.69, 9.17) is 38.9 Å². The second-order valence-electron chi connectivity index (χ2n) is 14.1. The molecule has 0 amide bonds. The smallest absolute Gasteiger partial charge is 0.197 e.